The first-order chi connectivity index (χ1) is 11.6. The molecule has 24 heavy (non-hydrogen) atoms. The third kappa shape index (κ3) is 4.14. The van der Waals surface area contributed by atoms with E-state index in [9.17, 15) is 10.1 Å². The molecule has 0 saturated heterocycles. The summed E-state index contributed by atoms with van der Waals surface area (Å²) in [6, 6.07) is 0. The van der Waals surface area contributed by atoms with E-state index in [2.05, 4.69) is 15.3 Å². The maximum atomic E-state index is 10.7. The van der Waals surface area contributed by atoms with Crippen LogP contribution in [0.4, 0.5) is 5.69 Å². The summed E-state index contributed by atoms with van der Waals surface area (Å²) in [5.74, 6) is 2.31. The second-order valence-electron chi connectivity index (χ2n) is 6.27. The van der Waals surface area contributed by atoms with Crippen LogP contribution in [0.1, 0.15) is 44.3 Å². The van der Waals surface area contributed by atoms with Crippen LogP contribution in [0.3, 0.4) is 0 Å². The van der Waals surface area contributed by atoms with E-state index in [1.807, 2.05) is 11.6 Å². The topological polar surface area (TPSA) is 91.7 Å². The van der Waals surface area contributed by atoms with E-state index in [1.54, 1.807) is 4.68 Å². The molecule has 0 amide bonds. The summed E-state index contributed by atoms with van der Waals surface area (Å²) in [5, 5.41) is 24.0. The summed E-state index contributed by atoms with van der Waals surface area (Å²) >= 11 is 1.47. The molecule has 0 bridgehead atoms. The third-order valence-corrected chi connectivity index (χ3v) is 5.59. The van der Waals surface area contributed by atoms with Gasteiger partial charge in [0.2, 0.25) is 0 Å². The first kappa shape index (κ1) is 16.9. The van der Waals surface area contributed by atoms with Crippen LogP contribution in [-0.2, 0) is 19.3 Å². The van der Waals surface area contributed by atoms with Crippen molar-refractivity contribution in [3.05, 3.63) is 28.3 Å². The minimum absolute atomic E-state index is 0.00161. The SMILES string of the molecule is Cn1c(CCC2CCCCC2)nnc1SCn1cc([N+](=O)[O-])cn1. The summed E-state index contributed by atoms with van der Waals surface area (Å²) < 4.78 is 3.56. The van der Waals surface area contributed by atoms with E-state index in [-0.39, 0.29) is 5.69 Å². The number of hydrogen-bond donors (Lipinski definition) is 0. The Hall–Kier alpha value is -1.90. The van der Waals surface area contributed by atoms with Crippen molar-refractivity contribution in [1.29, 1.82) is 0 Å². The highest BCUT2D eigenvalue weighted by Crippen LogP contribution is 2.27. The first-order valence-corrected chi connectivity index (χ1v) is 9.30. The Labute approximate surface area is 144 Å². The van der Waals surface area contributed by atoms with Gasteiger partial charge in [0.05, 0.1) is 10.8 Å². The fourth-order valence-electron chi connectivity index (χ4n) is 3.14. The van der Waals surface area contributed by atoms with Gasteiger partial charge in [0.25, 0.3) is 0 Å². The van der Waals surface area contributed by atoms with E-state index < -0.39 is 4.92 Å². The predicted molar refractivity (Wildman–Crippen MR) is 90.6 cm³/mol. The minimum atomic E-state index is -0.445. The van der Waals surface area contributed by atoms with E-state index in [0.29, 0.717) is 5.88 Å². The fraction of sp³-hybridized carbons (Fsp3) is 0.667. The molecule has 2 aromatic rings. The van der Waals surface area contributed by atoms with Crippen molar-refractivity contribution >= 4 is 17.4 Å². The molecule has 0 unspecified atom stereocenters. The summed E-state index contributed by atoms with van der Waals surface area (Å²) in [6.07, 6.45) is 11.6. The van der Waals surface area contributed by atoms with Crippen molar-refractivity contribution in [3.63, 3.8) is 0 Å². The molecule has 3 rings (SSSR count). The quantitative estimate of drug-likeness (QED) is 0.433. The number of rotatable bonds is 7. The van der Waals surface area contributed by atoms with Crippen molar-refractivity contribution in [1.82, 2.24) is 24.5 Å². The first-order valence-electron chi connectivity index (χ1n) is 8.31. The molecular weight excluding hydrogens is 328 g/mol. The number of nitro groups is 1. The largest absolute Gasteiger partial charge is 0.309 e. The van der Waals surface area contributed by atoms with Gasteiger partial charge in [-0.05, 0) is 12.3 Å². The van der Waals surface area contributed by atoms with Crippen LogP contribution in [0, 0.1) is 16.0 Å². The Morgan fingerprint density at radius 2 is 2.12 bits per heavy atom. The average molecular weight is 350 g/mol. The Morgan fingerprint density at radius 1 is 1.33 bits per heavy atom. The molecule has 2 aromatic heterocycles. The van der Waals surface area contributed by atoms with E-state index in [0.717, 1.165) is 23.3 Å². The maximum Gasteiger partial charge on any atom is 0.307 e. The molecule has 0 spiro atoms. The monoisotopic (exact) mass is 350 g/mol. The van der Waals surface area contributed by atoms with Gasteiger partial charge in [0.15, 0.2) is 5.16 Å². The molecule has 1 fully saturated rings. The zero-order chi connectivity index (χ0) is 16.9. The van der Waals surface area contributed by atoms with Crippen molar-refractivity contribution in [2.24, 2.45) is 13.0 Å². The molecular formula is C15H22N6O2S. The minimum Gasteiger partial charge on any atom is -0.309 e. The lowest BCUT2D eigenvalue weighted by Crippen LogP contribution is -2.09. The lowest BCUT2D eigenvalue weighted by Gasteiger charge is -2.20. The highest BCUT2D eigenvalue weighted by molar-refractivity contribution is 7.98. The lowest BCUT2D eigenvalue weighted by molar-refractivity contribution is -0.385. The van der Waals surface area contributed by atoms with Gasteiger partial charge in [-0.1, -0.05) is 43.9 Å². The van der Waals surface area contributed by atoms with Gasteiger partial charge in [0, 0.05) is 13.5 Å². The molecule has 0 radical (unpaired) electrons. The van der Waals surface area contributed by atoms with Crippen molar-refractivity contribution in [2.45, 2.75) is 56.0 Å². The van der Waals surface area contributed by atoms with Crippen LogP contribution >= 0.6 is 11.8 Å². The molecule has 0 atom stereocenters. The average Bonchev–Trinajstić information content (AvgIpc) is 3.19. The fourth-order valence-corrected chi connectivity index (χ4v) is 3.93. The third-order valence-electron chi connectivity index (χ3n) is 4.58. The highest BCUT2D eigenvalue weighted by atomic mass is 32.2. The van der Waals surface area contributed by atoms with Crippen molar-refractivity contribution in [2.75, 3.05) is 0 Å². The number of nitrogens with zero attached hydrogens (tertiary/aromatic N) is 6. The van der Waals surface area contributed by atoms with Crippen LogP contribution in [0.15, 0.2) is 17.6 Å². The van der Waals surface area contributed by atoms with Crippen LogP contribution in [0.2, 0.25) is 0 Å². The molecule has 8 nitrogen and oxygen atoms in total. The molecule has 0 aromatic carbocycles. The molecule has 0 N–H and O–H groups in total. The number of aryl methyl sites for hydroxylation is 1. The molecule has 0 aliphatic heterocycles. The Morgan fingerprint density at radius 3 is 2.83 bits per heavy atom. The molecule has 2 heterocycles. The maximum absolute atomic E-state index is 10.7. The van der Waals surface area contributed by atoms with Crippen molar-refractivity contribution in [3.8, 4) is 0 Å². The van der Waals surface area contributed by atoms with Gasteiger partial charge in [-0.15, -0.1) is 10.2 Å². The standard InChI is InChI=1S/C15H22N6O2S/c1-19-14(8-7-12-5-3-2-4-6-12)17-18-15(19)24-11-20-10-13(9-16-20)21(22)23/h9-10,12H,2-8,11H2,1H3. The summed E-state index contributed by atoms with van der Waals surface area (Å²) in [5.41, 5.74) is 0.00161. The highest BCUT2D eigenvalue weighted by Gasteiger charge is 2.16. The normalized spacial score (nSPS) is 15.7. The van der Waals surface area contributed by atoms with Crippen LogP contribution in [0.5, 0.6) is 0 Å². The Bertz CT molecular complexity index is 692. The zero-order valence-corrected chi connectivity index (χ0v) is 14.6. The van der Waals surface area contributed by atoms with Gasteiger partial charge < -0.3 is 4.57 Å². The van der Waals surface area contributed by atoms with E-state index in [4.69, 9.17) is 0 Å². The van der Waals surface area contributed by atoms with Gasteiger partial charge in [0.1, 0.15) is 18.2 Å². The molecule has 1 aliphatic carbocycles. The molecule has 130 valence electrons. The predicted octanol–water partition coefficient (Wildman–Crippen LogP) is 3.18. The number of hydrogen-bond acceptors (Lipinski definition) is 6. The van der Waals surface area contributed by atoms with Gasteiger partial charge >= 0.3 is 5.69 Å². The lowest BCUT2D eigenvalue weighted by atomic mass is 9.86. The van der Waals surface area contributed by atoms with E-state index in [1.165, 1.54) is 62.7 Å². The Kier molecular flexibility index (Phi) is 5.49. The number of aromatic nitrogens is 5. The summed E-state index contributed by atoms with van der Waals surface area (Å²) in [6.45, 7) is 0. The Balaban J connectivity index is 1.52. The van der Waals surface area contributed by atoms with Gasteiger partial charge in [-0.3, -0.25) is 14.8 Å². The molecule has 1 saturated carbocycles. The summed E-state index contributed by atoms with van der Waals surface area (Å²) in [7, 11) is 1.98. The summed E-state index contributed by atoms with van der Waals surface area (Å²) in [4.78, 5) is 10.2. The van der Waals surface area contributed by atoms with E-state index >= 15 is 0 Å². The molecule has 9 heteroatoms. The van der Waals surface area contributed by atoms with Gasteiger partial charge in [-0.25, -0.2) is 0 Å². The van der Waals surface area contributed by atoms with Crippen LogP contribution in [-0.4, -0.2) is 29.5 Å². The molecule has 1 aliphatic rings. The van der Waals surface area contributed by atoms with Crippen LogP contribution < -0.4 is 0 Å². The zero-order valence-electron chi connectivity index (χ0n) is 13.8. The number of thioether (sulfide) groups is 1. The second-order valence-corrected chi connectivity index (χ2v) is 7.18. The van der Waals surface area contributed by atoms with Crippen LogP contribution in [0.25, 0.3) is 0 Å². The van der Waals surface area contributed by atoms with Gasteiger partial charge in [-0.2, -0.15) is 5.10 Å². The smallest absolute Gasteiger partial charge is 0.307 e. The van der Waals surface area contributed by atoms with Crippen molar-refractivity contribution < 1.29 is 4.92 Å². The second kappa shape index (κ2) is 7.78.